The molecule has 1 aromatic heterocycles. The van der Waals surface area contributed by atoms with E-state index in [9.17, 15) is 0 Å². The first-order chi connectivity index (χ1) is 11.3. The quantitative estimate of drug-likeness (QED) is 0.444. The third-order valence-electron chi connectivity index (χ3n) is 3.38. The molecular weight excluding hydrogens is 306 g/mol. The zero-order valence-corrected chi connectivity index (χ0v) is 14.6. The van der Waals surface area contributed by atoms with Gasteiger partial charge in [-0.1, -0.05) is 31.2 Å². The molecule has 5 heteroatoms. The van der Waals surface area contributed by atoms with E-state index in [0.29, 0.717) is 19.1 Å². The standard InChI is InChI=1S/C18H25N3OS/c1-15(13-17-9-6-12-23-17)14-21-18(19-2)20-10-11-22-16-7-4-3-5-8-16/h3-9,12,15H,10-11,13-14H2,1-2H3,(H2,19,20,21). The molecule has 1 unspecified atom stereocenters. The molecule has 0 saturated carbocycles. The predicted molar refractivity (Wildman–Crippen MR) is 98.5 cm³/mol. The van der Waals surface area contributed by atoms with Gasteiger partial charge in [0.25, 0.3) is 0 Å². The van der Waals surface area contributed by atoms with E-state index in [0.717, 1.165) is 24.7 Å². The molecule has 2 aromatic rings. The molecule has 0 saturated heterocycles. The Balaban J connectivity index is 1.61. The minimum Gasteiger partial charge on any atom is -0.492 e. The van der Waals surface area contributed by atoms with Gasteiger partial charge in [0, 0.05) is 18.5 Å². The summed E-state index contributed by atoms with van der Waals surface area (Å²) in [6.07, 6.45) is 1.10. The number of hydrogen-bond acceptors (Lipinski definition) is 3. The Hall–Kier alpha value is -2.01. The molecule has 0 bridgehead atoms. The molecule has 0 fully saturated rings. The Morgan fingerprint density at radius 3 is 2.70 bits per heavy atom. The van der Waals surface area contributed by atoms with Gasteiger partial charge in [0.1, 0.15) is 12.4 Å². The van der Waals surface area contributed by atoms with Gasteiger partial charge in [-0.05, 0) is 35.9 Å². The first-order valence-electron chi connectivity index (χ1n) is 7.92. The van der Waals surface area contributed by atoms with Crippen LogP contribution >= 0.6 is 11.3 Å². The Bertz CT molecular complexity index is 569. The van der Waals surface area contributed by atoms with Crippen molar-refractivity contribution in [3.8, 4) is 5.75 Å². The number of guanidine groups is 1. The Labute approximate surface area is 142 Å². The lowest BCUT2D eigenvalue weighted by Crippen LogP contribution is -2.41. The fraction of sp³-hybridized carbons (Fsp3) is 0.389. The van der Waals surface area contributed by atoms with Gasteiger partial charge in [-0.25, -0.2) is 0 Å². The van der Waals surface area contributed by atoms with Crippen molar-refractivity contribution in [2.45, 2.75) is 13.3 Å². The van der Waals surface area contributed by atoms with E-state index in [1.165, 1.54) is 4.88 Å². The van der Waals surface area contributed by atoms with Crippen LogP contribution in [0.3, 0.4) is 0 Å². The van der Waals surface area contributed by atoms with Gasteiger partial charge in [-0.2, -0.15) is 0 Å². The molecule has 0 amide bonds. The third-order valence-corrected chi connectivity index (χ3v) is 4.28. The maximum Gasteiger partial charge on any atom is 0.191 e. The van der Waals surface area contributed by atoms with Crippen LogP contribution in [-0.4, -0.2) is 32.7 Å². The number of hydrogen-bond donors (Lipinski definition) is 2. The Morgan fingerprint density at radius 2 is 2.00 bits per heavy atom. The van der Waals surface area contributed by atoms with Crippen molar-refractivity contribution in [1.82, 2.24) is 10.6 Å². The first-order valence-corrected chi connectivity index (χ1v) is 8.80. The van der Waals surface area contributed by atoms with E-state index in [1.807, 2.05) is 41.7 Å². The lowest BCUT2D eigenvalue weighted by atomic mass is 10.1. The highest BCUT2D eigenvalue weighted by molar-refractivity contribution is 7.09. The molecule has 1 heterocycles. The van der Waals surface area contributed by atoms with E-state index in [4.69, 9.17) is 4.74 Å². The SMILES string of the molecule is CN=C(NCCOc1ccccc1)NCC(C)Cc1cccs1. The van der Waals surface area contributed by atoms with Gasteiger partial charge in [0.15, 0.2) is 5.96 Å². The highest BCUT2D eigenvalue weighted by Crippen LogP contribution is 2.13. The molecule has 1 aromatic carbocycles. The summed E-state index contributed by atoms with van der Waals surface area (Å²) in [5, 5.41) is 8.77. The topological polar surface area (TPSA) is 45.7 Å². The molecule has 0 spiro atoms. The van der Waals surface area contributed by atoms with Crippen molar-refractivity contribution < 1.29 is 4.74 Å². The summed E-state index contributed by atoms with van der Waals surface area (Å²) >= 11 is 1.82. The average Bonchev–Trinajstić information content (AvgIpc) is 3.08. The molecule has 4 nitrogen and oxygen atoms in total. The highest BCUT2D eigenvalue weighted by atomic mass is 32.1. The van der Waals surface area contributed by atoms with E-state index in [1.54, 1.807) is 7.05 Å². The van der Waals surface area contributed by atoms with Crippen molar-refractivity contribution in [3.63, 3.8) is 0 Å². The van der Waals surface area contributed by atoms with Gasteiger partial charge >= 0.3 is 0 Å². The van der Waals surface area contributed by atoms with Gasteiger partial charge in [-0.15, -0.1) is 11.3 Å². The monoisotopic (exact) mass is 331 g/mol. The molecule has 1 atom stereocenters. The van der Waals surface area contributed by atoms with Crippen LogP contribution in [0.4, 0.5) is 0 Å². The molecule has 2 N–H and O–H groups in total. The molecule has 0 radical (unpaired) electrons. The number of para-hydroxylation sites is 1. The fourth-order valence-corrected chi connectivity index (χ4v) is 3.06. The second-order valence-corrected chi connectivity index (χ2v) is 6.46. The molecular formula is C18H25N3OS. The van der Waals surface area contributed by atoms with Gasteiger partial charge < -0.3 is 15.4 Å². The number of ether oxygens (including phenoxy) is 1. The zero-order chi connectivity index (χ0) is 16.3. The lowest BCUT2D eigenvalue weighted by molar-refractivity contribution is 0.322. The number of benzene rings is 1. The van der Waals surface area contributed by atoms with Crippen LogP contribution in [0.2, 0.25) is 0 Å². The average molecular weight is 331 g/mol. The van der Waals surface area contributed by atoms with E-state index in [-0.39, 0.29) is 0 Å². The van der Waals surface area contributed by atoms with Gasteiger partial charge in [0.2, 0.25) is 0 Å². The summed E-state index contributed by atoms with van der Waals surface area (Å²) in [7, 11) is 1.79. The van der Waals surface area contributed by atoms with Crippen LogP contribution < -0.4 is 15.4 Å². The summed E-state index contributed by atoms with van der Waals surface area (Å²) < 4.78 is 5.65. The second-order valence-electron chi connectivity index (χ2n) is 5.43. The van der Waals surface area contributed by atoms with Crippen LogP contribution in [-0.2, 0) is 6.42 Å². The molecule has 0 aliphatic heterocycles. The maximum atomic E-state index is 5.65. The van der Waals surface area contributed by atoms with Crippen molar-refractivity contribution in [3.05, 3.63) is 52.7 Å². The summed E-state index contributed by atoms with van der Waals surface area (Å²) in [6.45, 7) is 4.47. The first kappa shape index (κ1) is 17.3. The smallest absolute Gasteiger partial charge is 0.191 e. The normalized spacial score (nSPS) is 12.7. The Kier molecular flexibility index (Phi) is 7.46. The third kappa shape index (κ3) is 6.74. The number of rotatable bonds is 8. The lowest BCUT2D eigenvalue weighted by Gasteiger charge is -2.15. The largest absolute Gasteiger partial charge is 0.492 e. The van der Waals surface area contributed by atoms with E-state index >= 15 is 0 Å². The van der Waals surface area contributed by atoms with Crippen LogP contribution in [0, 0.1) is 5.92 Å². The summed E-state index contributed by atoms with van der Waals surface area (Å²) in [5.41, 5.74) is 0. The molecule has 0 aliphatic carbocycles. The van der Waals surface area contributed by atoms with E-state index < -0.39 is 0 Å². The minimum atomic E-state index is 0.563. The minimum absolute atomic E-state index is 0.563. The maximum absolute atomic E-state index is 5.65. The van der Waals surface area contributed by atoms with Crippen LogP contribution in [0.1, 0.15) is 11.8 Å². The molecule has 23 heavy (non-hydrogen) atoms. The molecule has 0 aliphatic rings. The highest BCUT2D eigenvalue weighted by Gasteiger charge is 2.06. The molecule has 2 rings (SSSR count). The summed E-state index contributed by atoms with van der Waals surface area (Å²) in [4.78, 5) is 5.67. The van der Waals surface area contributed by atoms with Gasteiger partial charge in [0.05, 0.1) is 6.54 Å². The fourth-order valence-electron chi connectivity index (χ4n) is 2.19. The number of nitrogens with zero attached hydrogens (tertiary/aromatic N) is 1. The number of nitrogens with one attached hydrogen (secondary N) is 2. The van der Waals surface area contributed by atoms with Crippen molar-refractivity contribution in [2.75, 3.05) is 26.7 Å². The van der Waals surface area contributed by atoms with Gasteiger partial charge in [-0.3, -0.25) is 4.99 Å². The van der Waals surface area contributed by atoms with Crippen molar-refractivity contribution in [1.29, 1.82) is 0 Å². The number of aliphatic imine (C=N–C) groups is 1. The van der Waals surface area contributed by atoms with Crippen molar-refractivity contribution in [2.24, 2.45) is 10.9 Å². The predicted octanol–water partition coefficient (Wildman–Crippen LogP) is 3.17. The Morgan fingerprint density at radius 1 is 1.17 bits per heavy atom. The zero-order valence-electron chi connectivity index (χ0n) is 13.8. The van der Waals surface area contributed by atoms with E-state index in [2.05, 4.69) is 40.1 Å². The summed E-state index contributed by atoms with van der Waals surface area (Å²) in [6, 6.07) is 14.1. The second kappa shape index (κ2) is 9.90. The van der Waals surface area contributed by atoms with Crippen LogP contribution in [0.25, 0.3) is 0 Å². The van der Waals surface area contributed by atoms with Crippen molar-refractivity contribution >= 4 is 17.3 Å². The molecule has 124 valence electrons. The summed E-state index contributed by atoms with van der Waals surface area (Å²) in [5.74, 6) is 2.27. The number of thiophene rings is 1. The van der Waals surface area contributed by atoms with Crippen LogP contribution in [0.5, 0.6) is 5.75 Å². The van der Waals surface area contributed by atoms with Crippen LogP contribution in [0.15, 0.2) is 52.8 Å².